The van der Waals surface area contributed by atoms with Crippen molar-refractivity contribution >= 4 is 39.6 Å². The number of hydrogen-bond acceptors (Lipinski definition) is 3. The van der Waals surface area contributed by atoms with E-state index in [-0.39, 0.29) is 24.4 Å². The normalized spacial score (nSPS) is 16.1. The van der Waals surface area contributed by atoms with E-state index in [1.807, 2.05) is 79.0 Å². The summed E-state index contributed by atoms with van der Waals surface area (Å²) in [6.45, 7) is 2.02. The number of hydrogen-bond donors (Lipinski definition) is 1. The lowest BCUT2D eigenvalue weighted by Crippen LogP contribution is -2.38. The van der Waals surface area contributed by atoms with Gasteiger partial charge in [0, 0.05) is 21.7 Å². The number of fused-ring (bicyclic) bond motifs is 2. The van der Waals surface area contributed by atoms with Crippen molar-refractivity contribution in [3.8, 4) is 0 Å². The number of aryl methyl sites for hydroxylation is 1. The van der Waals surface area contributed by atoms with Crippen LogP contribution in [0.25, 0.3) is 10.8 Å². The molecule has 5 rings (SSSR count). The summed E-state index contributed by atoms with van der Waals surface area (Å²) in [5.74, 6) is -0.336. The Balaban J connectivity index is 1.65. The van der Waals surface area contributed by atoms with Crippen molar-refractivity contribution in [2.45, 2.75) is 13.0 Å². The zero-order valence-corrected chi connectivity index (χ0v) is 17.3. The molecule has 2 amide bonds. The van der Waals surface area contributed by atoms with Crippen LogP contribution in [-0.2, 0) is 4.79 Å². The quantitative estimate of drug-likeness (QED) is 0.480. The lowest BCUT2D eigenvalue weighted by molar-refractivity contribution is -0.117. The van der Waals surface area contributed by atoms with Crippen LogP contribution in [0.2, 0.25) is 0 Å². The molecular formula is C25H20N2O2S. The van der Waals surface area contributed by atoms with Crippen LogP contribution in [0.5, 0.6) is 0 Å². The molecule has 0 bridgehead atoms. The molecule has 1 aliphatic rings. The summed E-state index contributed by atoms with van der Waals surface area (Å²) in [5, 5.41) is 7.07. The predicted octanol–water partition coefficient (Wildman–Crippen LogP) is 5.39. The maximum atomic E-state index is 13.7. The third kappa shape index (κ3) is 3.27. The molecule has 3 aromatic carbocycles. The molecule has 0 fully saturated rings. The minimum absolute atomic E-state index is 0.00194. The summed E-state index contributed by atoms with van der Waals surface area (Å²) >= 11 is 1.60. The monoisotopic (exact) mass is 412 g/mol. The van der Waals surface area contributed by atoms with E-state index in [0.717, 1.165) is 32.5 Å². The van der Waals surface area contributed by atoms with Gasteiger partial charge in [0.1, 0.15) is 6.54 Å². The van der Waals surface area contributed by atoms with E-state index in [4.69, 9.17) is 0 Å². The van der Waals surface area contributed by atoms with Gasteiger partial charge in [0.2, 0.25) is 5.91 Å². The fourth-order valence-electron chi connectivity index (χ4n) is 4.06. The Morgan fingerprint density at radius 3 is 2.63 bits per heavy atom. The largest absolute Gasteiger partial charge is 0.324 e. The highest BCUT2D eigenvalue weighted by molar-refractivity contribution is 7.10. The number of thiophene rings is 1. The van der Waals surface area contributed by atoms with E-state index in [1.165, 1.54) is 0 Å². The van der Waals surface area contributed by atoms with Gasteiger partial charge >= 0.3 is 0 Å². The molecule has 0 radical (unpaired) electrons. The van der Waals surface area contributed by atoms with Crippen LogP contribution in [0, 0.1) is 6.92 Å². The average molecular weight is 413 g/mol. The van der Waals surface area contributed by atoms with Crippen molar-refractivity contribution in [2.75, 3.05) is 11.9 Å². The van der Waals surface area contributed by atoms with Gasteiger partial charge in [0.05, 0.1) is 6.04 Å². The third-order valence-electron chi connectivity index (χ3n) is 5.47. The van der Waals surface area contributed by atoms with Crippen LogP contribution in [0.4, 0.5) is 5.69 Å². The van der Waals surface area contributed by atoms with Gasteiger partial charge in [-0.05, 0) is 47.3 Å². The summed E-state index contributed by atoms with van der Waals surface area (Å²) in [7, 11) is 0. The second kappa shape index (κ2) is 7.43. The highest BCUT2D eigenvalue weighted by Gasteiger charge is 2.34. The smallest absolute Gasteiger partial charge is 0.255 e. The van der Waals surface area contributed by atoms with Gasteiger partial charge in [-0.15, -0.1) is 11.3 Å². The van der Waals surface area contributed by atoms with Crippen LogP contribution in [-0.4, -0.2) is 23.3 Å². The van der Waals surface area contributed by atoms with Gasteiger partial charge in [-0.3, -0.25) is 9.59 Å². The molecule has 148 valence electrons. The van der Waals surface area contributed by atoms with Gasteiger partial charge in [0.25, 0.3) is 5.91 Å². The van der Waals surface area contributed by atoms with Crippen molar-refractivity contribution in [1.82, 2.24) is 4.90 Å². The summed E-state index contributed by atoms with van der Waals surface area (Å²) in [5.41, 5.74) is 3.37. The van der Waals surface area contributed by atoms with Crippen molar-refractivity contribution in [3.63, 3.8) is 0 Å². The van der Waals surface area contributed by atoms with Crippen LogP contribution in [0.15, 0.2) is 78.2 Å². The Labute approximate surface area is 178 Å². The molecule has 4 nitrogen and oxygen atoms in total. The van der Waals surface area contributed by atoms with Crippen LogP contribution in [0.3, 0.4) is 0 Å². The van der Waals surface area contributed by atoms with E-state index in [9.17, 15) is 9.59 Å². The maximum Gasteiger partial charge on any atom is 0.255 e. The summed E-state index contributed by atoms with van der Waals surface area (Å²) in [6, 6.07) is 23.3. The van der Waals surface area contributed by atoms with Gasteiger partial charge in [-0.1, -0.05) is 54.1 Å². The molecule has 0 aliphatic carbocycles. The SMILES string of the molecule is Cc1ccc2c(c1)C(c1cccs1)N(C(=O)c1ccc3ccccc3c1)CC(=O)N2. The minimum atomic E-state index is -0.321. The molecule has 30 heavy (non-hydrogen) atoms. The molecule has 0 saturated carbocycles. The molecule has 1 aromatic heterocycles. The number of anilines is 1. The summed E-state index contributed by atoms with van der Waals surface area (Å²) < 4.78 is 0. The molecule has 4 aromatic rings. The Morgan fingerprint density at radius 1 is 1.00 bits per heavy atom. The number of rotatable bonds is 2. The van der Waals surface area contributed by atoms with Crippen LogP contribution in [0.1, 0.15) is 32.4 Å². The molecular weight excluding hydrogens is 392 g/mol. The highest BCUT2D eigenvalue weighted by atomic mass is 32.1. The Morgan fingerprint density at radius 2 is 1.83 bits per heavy atom. The van der Waals surface area contributed by atoms with E-state index < -0.39 is 0 Å². The first-order chi connectivity index (χ1) is 14.6. The van der Waals surface area contributed by atoms with Crippen molar-refractivity contribution in [1.29, 1.82) is 0 Å². The lowest BCUT2D eigenvalue weighted by Gasteiger charge is -2.30. The van der Waals surface area contributed by atoms with Gasteiger partial charge in [-0.2, -0.15) is 0 Å². The van der Waals surface area contributed by atoms with Gasteiger partial charge < -0.3 is 10.2 Å². The zero-order valence-electron chi connectivity index (χ0n) is 16.5. The lowest BCUT2D eigenvalue weighted by atomic mass is 9.98. The van der Waals surface area contributed by atoms with E-state index in [2.05, 4.69) is 11.4 Å². The fraction of sp³-hybridized carbons (Fsp3) is 0.120. The first-order valence-electron chi connectivity index (χ1n) is 9.84. The minimum Gasteiger partial charge on any atom is -0.324 e. The second-order valence-electron chi connectivity index (χ2n) is 7.55. The van der Waals surface area contributed by atoms with Crippen LogP contribution >= 0.6 is 11.3 Å². The number of nitrogens with one attached hydrogen (secondary N) is 1. The average Bonchev–Trinajstić information content (AvgIpc) is 3.24. The first kappa shape index (κ1) is 18.6. The number of carbonyl (C=O) groups excluding carboxylic acids is 2. The van der Waals surface area contributed by atoms with E-state index in [1.54, 1.807) is 16.2 Å². The number of nitrogens with zero attached hydrogens (tertiary/aromatic N) is 1. The first-order valence-corrected chi connectivity index (χ1v) is 10.7. The number of amides is 2. The molecule has 1 N–H and O–H groups in total. The van der Waals surface area contributed by atoms with Crippen LogP contribution < -0.4 is 5.32 Å². The molecule has 0 spiro atoms. The molecule has 1 atom stereocenters. The van der Waals surface area contributed by atoms with Crippen molar-refractivity contribution in [3.05, 3.63) is 99.7 Å². The molecule has 1 unspecified atom stereocenters. The second-order valence-corrected chi connectivity index (χ2v) is 8.53. The van der Waals surface area contributed by atoms with Gasteiger partial charge in [0.15, 0.2) is 0 Å². The molecule has 5 heteroatoms. The van der Waals surface area contributed by atoms with Crippen molar-refractivity contribution < 1.29 is 9.59 Å². The molecule has 0 saturated heterocycles. The van der Waals surface area contributed by atoms with Gasteiger partial charge in [-0.25, -0.2) is 0 Å². The van der Waals surface area contributed by atoms with Crippen molar-refractivity contribution in [2.24, 2.45) is 0 Å². The maximum absolute atomic E-state index is 13.7. The number of carbonyl (C=O) groups is 2. The molecule has 2 heterocycles. The Kier molecular flexibility index (Phi) is 4.60. The van der Waals surface area contributed by atoms with E-state index in [0.29, 0.717) is 5.56 Å². The number of benzene rings is 3. The van der Waals surface area contributed by atoms with E-state index >= 15 is 0 Å². The Bertz CT molecular complexity index is 1260. The fourth-order valence-corrected chi connectivity index (χ4v) is 4.91. The zero-order chi connectivity index (χ0) is 20.7. The summed E-state index contributed by atoms with van der Waals surface area (Å²) in [4.78, 5) is 29.1. The predicted molar refractivity (Wildman–Crippen MR) is 121 cm³/mol. The topological polar surface area (TPSA) is 49.4 Å². The summed E-state index contributed by atoms with van der Waals surface area (Å²) in [6.07, 6.45) is 0. The third-order valence-corrected chi connectivity index (χ3v) is 6.40. The molecule has 1 aliphatic heterocycles. The standard InChI is InChI=1S/C25H20N2O2S/c1-16-8-11-21-20(13-16)24(22-7-4-12-30-22)27(15-23(28)26-21)25(29)19-10-9-17-5-2-3-6-18(17)14-19/h2-14,24H,15H2,1H3,(H,26,28). The highest BCUT2D eigenvalue weighted by Crippen LogP contribution is 2.39. The Hall–Kier alpha value is -3.44.